The first kappa shape index (κ1) is 16.8. The third-order valence-corrected chi connectivity index (χ3v) is 3.41. The van der Waals surface area contributed by atoms with Gasteiger partial charge in [0.15, 0.2) is 0 Å². The van der Waals surface area contributed by atoms with E-state index in [-0.39, 0.29) is 5.88 Å². The highest BCUT2D eigenvalue weighted by molar-refractivity contribution is 5.60. The van der Waals surface area contributed by atoms with Gasteiger partial charge in [0, 0.05) is 17.7 Å². The highest BCUT2D eigenvalue weighted by atomic mass is 19.4. The van der Waals surface area contributed by atoms with Crippen molar-refractivity contribution in [1.29, 1.82) is 0 Å². The van der Waals surface area contributed by atoms with Crippen LogP contribution in [0.25, 0.3) is 11.3 Å². The zero-order valence-electron chi connectivity index (χ0n) is 13.1. The average molecular weight is 346 g/mol. The molecule has 0 saturated heterocycles. The van der Waals surface area contributed by atoms with Crippen LogP contribution < -0.4 is 9.47 Å². The van der Waals surface area contributed by atoms with Crippen molar-refractivity contribution in [1.82, 2.24) is 9.97 Å². The van der Waals surface area contributed by atoms with E-state index < -0.39 is 11.7 Å². The fourth-order valence-electron chi connectivity index (χ4n) is 2.17. The Morgan fingerprint density at radius 1 is 0.880 bits per heavy atom. The number of nitrogens with zero attached hydrogens (tertiary/aromatic N) is 2. The van der Waals surface area contributed by atoms with Crippen molar-refractivity contribution < 1.29 is 22.6 Å². The van der Waals surface area contributed by atoms with Gasteiger partial charge in [-0.3, -0.25) is 0 Å². The molecule has 3 rings (SSSR count). The Balaban J connectivity index is 1.83. The van der Waals surface area contributed by atoms with Gasteiger partial charge in [-0.1, -0.05) is 18.2 Å². The zero-order chi connectivity index (χ0) is 17.9. The van der Waals surface area contributed by atoms with E-state index in [1.54, 1.807) is 37.4 Å². The molecule has 7 heteroatoms. The van der Waals surface area contributed by atoms with Gasteiger partial charge in [0.2, 0.25) is 5.88 Å². The van der Waals surface area contributed by atoms with Crippen molar-refractivity contribution in [3.05, 3.63) is 66.5 Å². The third-order valence-electron chi connectivity index (χ3n) is 3.41. The fourth-order valence-corrected chi connectivity index (χ4v) is 2.17. The van der Waals surface area contributed by atoms with Crippen LogP contribution in [0.1, 0.15) is 5.56 Å². The number of methoxy groups -OCH3 is 1. The SMILES string of the molecule is COc1cccc(Oc2cc(-c3ccc(C(F)(F)F)cc3)ncn2)c1. The third kappa shape index (κ3) is 4.06. The molecule has 0 aliphatic rings. The van der Waals surface area contributed by atoms with E-state index in [2.05, 4.69) is 9.97 Å². The zero-order valence-corrected chi connectivity index (χ0v) is 13.1. The summed E-state index contributed by atoms with van der Waals surface area (Å²) in [5.74, 6) is 1.43. The molecule has 0 radical (unpaired) electrons. The van der Waals surface area contributed by atoms with E-state index in [9.17, 15) is 13.2 Å². The summed E-state index contributed by atoms with van der Waals surface area (Å²) < 4.78 is 48.7. The van der Waals surface area contributed by atoms with Crippen LogP contribution in [0.5, 0.6) is 17.4 Å². The highest BCUT2D eigenvalue weighted by Gasteiger charge is 2.30. The second-order valence-corrected chi connectivity index (χ2v) is 5.10. The van der Waals surface area contributed by atoms with Crippen molar-refractivity contribution in [3.63, 3.8) is 0 Å². The lowest BCUT2D eigenvalue weighted by Gasteiger charge is -2.09. The van der Waals surface area contributed by atoms with Gasteiger partial charge < -0.3 is 9.47 Å². The van der Waals surface area contributed by atoms with E-state index >= 15 is 0 Å². The van der Waals surface area contributed by atoms with Gasteiger partial charge in [0.25, 0.3) is 0 Å². The van der Waals surface area contributed by atoms with Crippen molar-refractivity contribution in [3.8, 4) is 28.6 Å². The topological polar surface area (TPSA) is 44.2 Å². The smallest absolute Gasteiger partial charge is 0.416 e. The number of benzene rings is 2. The minimum Gasteiger partial charge on any atom is -0.497 e. The molecule has 25 heavy (non-hydrogen) atoms. The van der Waals surface area contributed by atoms with Gasteiger partial charge in [-0.05, 0) is 24.3 Å². The number of aromatic nitrogens is 2. The van der Waals surface area contributed by atoms with Gasteiger partial charge in [-0.15, -0.1) is 0 Å². The minimum absolute atomic E-state index is 0.276. The molecule has 3 aromatic rings. The first-order valence-electron chi connectivity index (χ1n) is 7.27. The Morgan fingerprint density at radius 3 is 2.28 bits per heavy atom. The summed E-state index contributed by atoms with van der Waals surface area (Å²) in [5, 5.41) is 0. The maximum absolute atomic E-state index is 12.6. The summed E-state index contributed by atoms with van der Waals surface area (Å²) in [6.07, 6.45) is -3.08. The van der Waals surface area contributed by atoms with Crippen molar-refractivity contribution in [2.24, 2.45) is 0 Å². The lowest BCUT2D eigenvalue weighted by Crippen LogP contribution is -2.04. The molecule has 0 bridgehead atoms. The molecule has 0 N–H and O–H groups in total. The summed E-state index contributed by atoms with van der Waals surface area (Å²) in [6.45, 7) is 0. The maximum atomic E-state index is 12.6. The van der Waals surface area contributed by atoms with Crippen molar-refractivity contribution in [2.45, 2.75) is 6.18 Å². The quantitative estimate of drug-likeness (QED) is 0.669. The minimum atomic E-state index is -4.37. The molecule has 0 saturated carbocycles. The van der Waals surface area contributed by atoms with E-state index in [1.165, 1.54) is 18.5 Å². The van der Waals surface area contributed by atoms with Gasteiger partial charge in [0.1, 0.15) is 17.8 Å². The summed E-state index contributed by atoms with van der Waals surface area (Å²) >= 11 is 0. The van der Waals surface area contributed by atoms with Crippen LogP contribution in [-0.2, 0) is 6.18 Å². The molecule has 0 amide bonds. The number of hydrogen-bond acceptors (Lipinski definition) is 4. The van der Waals surface area contributed by atoms with E-state index in [1.807, 2.05) is 0 Å². The average Bonchev–Trinajstić information content (AvgIpc) is 2.61. The van der Waals surface area contributed by atoms with Gasteiger partial charge in [-0.2, -0.15) is 13.2 Å². The molecule has 0 atom stereocenters. The Labute approximate surface area is 141 Å². The molecule has 0 fully saturated rings. The monoisotopic (exact) mass is 346 g/mol. The normalized spacial score (nSPS) is 11.2. The standard InChI is InChI=1S/C18H13F3N2O2/c1-24-14-3-2-4-15(9-14)25-17-10-16(22-11-23-17)12-5-7-13(8-6-12)18(19,20)21/h2-11H,1H3. The summed E-state index contributed by atoms with van der Waals surface area (Å²) in [6, 6.07) is 13.3. The number of halogens is 3. The lowest BCUT2D eigenvalue weighted by molar-refractivity contribution is -0.137. The van der Waals surface area contributed by atoms with E-state index in [4.69, 9.17) is 9.47 Å². The van der Waals surface area contributed by atoms with Crippen LogP contribution in [-0.4, -0.2) is 17.1 Å². The molecule has 0 unspecified atom stereocenters. The second-order valence-electron chi connectivity index (χ2n) is 5.10. The van der Waals surface area contributed by atoms with Crippen molar-refractivity contribution >= 4 is 0 Å². The molecule has 1 aromatic heterocycles. The van der Waals surface area contributed by atoms with E-state index in [0.717, 1.165) is 12.1 Å². The molecule has 2 aromatic carbocycles. The van der Waals surface area contributed by atoms with Crippen molar-refractivity contribution in [2.75, 3.05) is 7.11 Å². The van der Waals surface area contributed by atoms with Gasteiger partial charge >= 0.3 is 6.18 Å². The van der Waals surface area contributed by atoms with Gasteiger partial charge in [-0.25, -0.2) is 9.97 Å². The lowest BCUT2D eigenvalue weighted by atomic mass is 10.1. The molecule has 1 heterocycles. The van der Waals surface area contributed by atoms with Crippen LogP contribution in [0.15, 0.2) is 60.9 Å². The predicted molar refractivity (Wildman–Crippen MR) is 85.5 cm³/mol. The number of rotatable bonds is 4. The van der Waals surface area contributed by atoms with E-state index in [0.29, 0.717) is 22.8 Å². The van der Waals surface area contributed by atoms with Crippen LogP contribution in [0, 0.1) is 0 Å². The first-order chi connectivity index (χ1) is 12.0. The molecule has 0 spiro atoms. The number of ether oxygens (including phenoxy) is 2. The van der Waals surface area contributed by atoms with Crippen LogP contribution >= 0.6 is 0 Å². The summed E-state index contributed by atoms with van der Waals surface area (Å²) in [7, 11) is 1.55. The number of alkyl halides is 3. The molecule has 4 nitrogen and oxygen atoms in total. The first-order valence-corrected chi connectivity index (χ1v) is 7.27. The molecular formula is C18H13F3N2O2. The molecular weight excluding hydrogens is 333 g/mol. The summed E-state index contributed by atoms with van der Waals surface area (Å²) in [5.41, 5.74) is 0.283. The van der Waals surface area contributed by atoms with Crippen LogP contribution in [0.4, 0.5) is 13.2 Å². The fraction of sp³-hybridized carbons (Fsp3) is 0.111. The number of hydrogen-bond donors (Lipinski definition) is 0. The second kappa shape index (κ2) is 6.80. The Kier molecular flexibility index (Phi) is 4.56. The Morgan fingerprint density at radius 2 is 1.60 bits per heavy atom. The Bertz CT molecular complexity index is 865. The molecule has 128 valence electrons. The van der Waals surface area contributed by atoms with Crippen LogP contribution in [0.3, 0.4) is 0 Å². The van der Waals surface area contributed by atoms with Gasteiger partial charge in [0.05, 0.1) is 18.4 Å². The summed E-state index contributed by atoms with van der Waals surface area (Å²) in [4.78, 5) is 8.10. The molecule has 0 aliphatic heterocycles. The molecule has 0 aliphatic carbocycles. The Hall–Kier alpha value is -3.09. The largest absolute Gasteiger partial charge is 0.497 e. The predicted octanol–water partition coefficient (Wildman–Crippen LogP) is 4.96. The maximum Gasteiger partial charge on any atom is 0.416 e. The van der Waals surface area contributed by atoms with Crippen LogP contribution in [0.2, 0.25) is 0 Å². The highest BCUT2D eigenvalue weighted by Crippen LogP contribution is 2.31.